The summed E-state index contributed by atoms with van der Waals surface area (Å²) < 4.78 is 1.55. The topological polar surface area (TPSA) is 108 Å². The van der Waals surface area contributed by atoms with Crippen molar-refractivity contribution in [2.45, 2.75) is 12.8 Å². The molecule has 0 spiro atoms. The number of nitrogens with one attached hydrogen (secondary N) is 1. The van der Waals surface area contributed by atoms with E-state index in [9.17, 15) is 19.5 Å². The molecule has 1 saturated carbocycles. The largest absolute Gasteiger partial charge is 0.481 e. The van der Waals surface area contributed by atoms with Gasteiger partial charge in [-0.05, 0) is 36.8 Å². The van der Waals surface area contributed by atoms with Crippen LogP contribution in [0.4, 0.5) is 0 Å². The Morgan fingerprint density at radius 2 is 1.96 bits per heavy atom. The first-order valence-electron chi connectivity index (χ1n) is 9.05. The number of likely N-dealkylation sites (tertiary alicyclic amines) is 1. The van der Waals surface area contributed by atoms with E-state index in [0.29, 0.717) is 34.6 Å². The third kappa shape index (κ3) is 2.43. The molecule has 1 aliphatic carbocycles. The summed E-state index contributed by atoms with van der Waals surface area (Å²) in [6, 6.07) is 7.06. The zero-order valence-corrected chi connectivity index (χ0v) is 14.5. The fourth-order valence-corrected chi connectivity index (χ4v) is 4.26. The molecule has 2 fully saturated rings. The predicted octanol–water partition coefficient (Wildman–Crippen LogP) is 1.36. The van der Waals surface area contributed by atoms with Gasteiger partial charge in [0.2, 0.25) is 0 Å². The zero-order valence-electron chi connectivity index (χ0n) is 14.5. The van der Waals surface area contributed by atoms with E-state index in [1.807, 2.05) is 6.07 Å². The average molecular weight is 366 g/mol. The van der Waals surface area contributed by atoms with Crippen LogP contribution in [0.3, 0.4) is 0 Å². The molecule has 2 N–H and O–H groups in total. The number of aliphatic carboxylic acids is 1. The molecule has 1 amide bonds. The van der Waals surface area contributed by atoms with Gasteiger partial charge in [0, 0.05) is 13.1 Å². The van der Waals surface area contributed by atoms with Crippen LogP contribution < -0.4 is 5.56 Å². The van der Waals surface area contributed by atoms with E-state index < -0.39 is 11.9 Å². The maximum absolute atomic E-state index is 13.1. The number of nitrogens with zero attached hydrogens (tertiary/aromatic N) is 3. The number of carboxylic acids is 1. The third-order valence-electron chi connectivity index (χ3n) is 5.81. The Labute approximate surface area is 153 Å². The summed E-state index contributed by atoms with van der Waals surface area (Å²) in [6.07, 6.45) is 3.51. The van der Waals surface area contributed by atoms with Crippen LogP contribution in [0.15, 0.2) is 35.3 Å². The van der Waals surface area contributed by atoms with E-state index in [4.69, 9.17) is 0 Å². The first-order chi connectivity index (χ1) is 13.0. The molecule has 8 nitrogen and oxygen atoms in total. The minimum atomic E-state index is -0.846. The smallest absolute Gasteiger partial charge is 0.308 e. The van der Waals surface area contributed by atoms with Gasteiger partial charge in [0.1, 0.15) is 11.2 Å². The molecular weight excluding hydrogens is 348 g/mol. The highest BCUT2D eigenvalue weighted by molar-refractivity contribution is 6.01. The summed E-state index contributed by atoms with van der Waals surface area (Å²) in [5.41, 5.74) is 0.966. The second-order valence-corrected chi connectivity index (χ2v) is 7.45. The number of hydrogen-bond donors (Lipinski definition) is 2. The summed E-state index contributed by atoms with van der Waals surface area (Å²) in [4.78, 5) is 41.4. The molecule has 0 radical (unpaired) electrons. The number of benzene rings is 1. The van der Waals surface area contributed by atoms with Crippen LogP contribution in [0.25, 0.3) is 16.6 Å². The van der Waals surface area contributed by atoms with Crippen LogP contribution in [0.1, 0.15) is 23.2 Å². The first-order valence-corrected chi connectivity index (χ1v) is 9.05. The Hall–Kier alpha value is -3.16. The zero-order chi connectivity index (χ0) is 18.7. The van der Waals surface area contributed by atoms with Gasteiger partial charge in [0.25, 0.3) is 11.5 Å². The minimum Gasteiger partial charge on any atom is -0.481 e. The number of aromatic nitrogens is 3. The van der Waals surface area contributed by atoms with E-state index in [2.05, 4.69) is 10.1 Å². The van der Waals surface area contributed by atoms with Crippen LogP contribution >= 0.6 is 0 Å². The molecule has 1 saturated heterocycles. The number of aromatic amines is 1. The number of para-hydroxylation sites is 1. The van der Waals surface area contributed by atoms with Gasteiger partial charge in [-0.15, -0.1) is 0 Å². The molecule has 1 aliphatic heterocycles. The summed E-state index contributed by atoms with van der Waals surface area (Å²) >= 11 is 0. The molecule has 0 bridgehead atoms. The molecule has 1 aromatic carbocycles. The molecule has 2 atom stereocenters. The number of fused-ring (bicyclic) bond motifs is 3. The molecule has 2 aromatic heterocycles. The van der Waals surface area contributed by atoms with Gasteiger partial charge in [-0.25, -0.2) is 4.52 Å². The second kappa shape index (κ2) is 5.67. The number of amides is 1. The SMILES string of the molecule is O=C(O)[C@H]1CN(C(=O)c2cnn3c2[nH]c(=O)c2ccccc23)C[C@@H]1C1CC1. The Balaban J connectivity index is 1.55. The van der Waals surface area contributed by atoms with Crippen molar-refractivity contribution in [2.24, 2.45) is 17.8 Å². The van der Waals surface area contributed by atoms with Crippen molar-refractivity contribution in [2.75, 3.05) is 13.1 Å². The van der Waals surface area contributed by atoms with Crippen molar-refractivity contribution >= 4 is 28.4 Å². The van der Waals surface area contributed by atoms with E-state index in [1.165, 1.54) is 6.20 Å². The van der Waals surface area contributed by atoms with E-state index in [1.54, 1.807) is 27.6 Å². The van der Waals surface area contributed by atoms with Crippen LogP contribution in [0.5, 0.6) is 0 Å². The Morgan fingerprint density at radius 1 is 1.19 bits per heavy atom. The molecule has 3 aromatic rings. The highest BCUT2D eigenvalue weighted by Gasteiger charge is 2.47. The number of carboxylic acid groups (broad SMARTS) is 1. The molecule has 3 heterocycles. The monoisotopic (exact) mass is 366 g/mol. The van der Waals surface area contributed by atoms with Gasteiger partial charge in [0.15, 0.2) is 0 Å². The highest BCUT2D eigenvalue weighted by atomic mass is 16.4. The fraction of sp³-hybridized carbons (Fsp3) is 0.368. The molecule has 0 unspecified atom stereocenters. The van der Waals surface area contributed by atoms with Crippen molar-refractivity contribution in [1.29, 1.82) is 0 Å². The van der Waals surface area contributed by atoms with Gasteiger partial charge in [-0.3, -0.25) is 14.4 Å². The summed E-state index contributed by atoms with van der Waals surface area (Å²) in [6.45, 7) is 0.639. The van der Waals surface area contributed by atoms with Gasteiger partial charge < -0.3 is 15.0 Å². The first kappa shape index (κ1) is 16.0. The van der Waals surface area contributed by atoms with Crippen LogP contribution in [0.2, 0.25) is 0 Å². The number of carbonyl (C=O) groups is 2. The lowest BCUT2D eigenvalue weighted by Gasteiger charge is -2.15. The van der Waals surface area contributed by atoms with Gasteiger partial charge in [0.05, 0.1) is 23.0 Å². The van der Waals surface area contributed by atoms with Gasteiger partial charge in [-0.1, -0.05) is 12.1 Å². The predicted molar refractivity (Wildman–Crippen MR) is 96.6 cm³/mol. The average Bonchev–Trinajstić information content (AvgIpc) is 3.26. The number of rotatable bonds is 3. The number of hydrogen-bond acceptors (Lipinski definition) is 4. The molecule has 27 heavy (non-hydrogen) atoms. The van der Waals surface area contributed by atoms with Crippen molar-refractivity contribution in [3.63, 3.8) is 0 Å². The summed E-state index contributed by atoms with van der Waals surface area (Å²) in [5.74, 6) is -1.25. The van der Waals surface area contributed by atoms with E-state index in [-0.39, 0.29) is 23.9 Å². The number of carbonyl (C=O) groups excluding carboxylic acids is 1. The summed E-state index contributed by atoms with van der Waals surface area (Å²) in [7, 11) is 0. The lowest BCUT2D eigenvalue weighted by atomic mass is 9.92. The van der Waals surface area contributed by atoms with Crippen molar-refractivity contribution in [1.82, 2.24) is 19.5 Å². The lowest BCUT2D eigenvalue weighted by molar-refractivity contribution is -0.142. The molecule has 8 heteroatoms. The maximum Gasteiger partial charge on any atom is 0.308 e. The quantitative estimate of drug-likeness (QED) is 0.728. The van der Waals surface area contributed by atoms with Crippen LogP contribution in [-0.4, -0.2) is 49.6 Å². The van der Waals surface area contributed by atoms with Crippen molar-refractivity contribution < 1.29 is 14.7 Å². The lowest BCUT2D eigenvalue weighted by Crippen LogP contribution is -2.30. The third-order valence-corrected chi connectivity index (χ3v) is 5.81. The summed E-state index contributed by atoms with van der Waals surface area (Å²) in [5, 5.41) is 14.3. The second-order valence-electron chi connectivity index (χ2n) is 7.45. The van der Waals surface area contributed by atoms with Gasteiger partial charge in [-0.2, -0.15) is 5.10 Å². The van der Waals surface area contributed by atoms with Gasteiger partial charge >= 0.3 is 5.97 Å². The fourth-order valence-electron chi connectivity index (χ4n) is 4.26. The standard InChI is InChI=1S/C19H18N4O4/c24-17-11-3-1-2-4-15(11)23-16(21-17)12(7-20-23)18(25)22-8-13(10-5-6-10)14(9-22)19(26)27/h1-4,7,10,13-14H,5-6,8-9H2,(H,21,24)(H,26,27)/t13-,14+/m1/s1. The van der Waals surface area contributed by atoms with Crippen molar-refractivity contribution in [3.8, 4) is 0 Å². The van der Waals surface area contributed by atoms with Crippen LogP contribution in [0, 0.1) is 17.8 Å². The van der Waals surface area contributed by atoms with Crippen molar-refractivity contribution in [3.05, 3.63) is 46.4 Å². The molecular formula is C19H18N4O4. The van der Waals surface area contributed by atoms with Crippen LogP contribution in [-0.2, 0) is 4.79 Å². The Kier molecular flexibility index (Phi) is 3.37. The Bertz CT molecular complexity index is 1140. The van der Waals surface area contributed by atoms with E-state index in [0.717, 1.165) is 12.8 Å². The molecule has 5 rings (SSSR count). The highest BCUT2D eigenvalue weighted by Crippen LogP contribution is 2.44. The minimum absolute atomic E-state index is 0.00756. The van der Waals surface area contributed by atoms with E-state index >= 15 is 0 Å². The normalized spacial score (nSPS) is 22.6. The molecule has 138 valence electrons. The maximum atomic E-state index is 13.1. The Morgan fingerprint density at radius 3 is 2.70 bits per heavy atom. The number of H-pyrrole nitrogens is 1. The molecule has 2 aliphatic rings.